The fraction of sp³-hybridized carbons (Fsp3) is 0.500. The number of unbranched alkanes of at least 4 members (excludes halogenated alkanes) is 1. The minimum atomic E-state index is -0.688. The van der Waals surface area contributed by atoms with E-state index in [-0.39, 0.29) is 24.7 Å². The highest BCUT2D eigenvalue weighted by atomic mass is 16.6. The van der Waals surface area contributed by atoms with E-state index in [4.69, 9.17) is 20.9 Å². The highest BCUT2D eigenvalue weighted by Gasteiger charge is 2.26. The second-order valence-electron chi connectivity index (χ2n) is 11.5. The third-order valence-corrected chi connectivity index (χ3v) is 5.28. The van der Waals surface area contributed by atoms with Gasteiger partial charge in [-0.25, -0.2) is 9.59 Å². The van der Waals surface area contributed by atoms with Crippen molar-refractivity contribution in [1.82, 2.24) is 10.6 Å². The molecule has 2 rings (SSSR count). The van der Waals surface area contributed by atoms with Gasteiger partial charge in [0.2, 0.25) is 11.8 Å². The van der Waals surface area contributed by atoms with Crippen molar-refractivity contribution in [2.24, 2.45) is 5.73 Å². The molecule has 1 aromatic carbocycles. The maximum atomic E-state index is 12.6. The summed E-state index contributed by atoms with van der Waals surface area (Å²) in [6.07, 6.45) is 4.98. The first kappa shape index (κ1) is 32.0. The Morgan fingerprint density at radius 2 is 1.38 bits per heavy atom. The van der Waals surface area contributed by atoms with Crippen molar-refractivity contribution in [3.8, 4) is 0 Å². The van der Waals surface area contributed by atoms with Crippen molar-refractivity contribution >= 4 is 41.1 Å². The molecular weight excluding hydrogens is 516 g/mol. The summed E-state index contributed by atoms with van der Waals surface area (Å²) in [6, 6.07) is 3.65. The lowest BCUT2D eigenvalue weighted by Crippen LogP contribution is -2.52. The quantitative estimate of drug-likeness (QED) is 0.194. The summed E-state index contributed by atoms with van der Waals surface area (Å²) in [5.41, 5.74) is 11.9. The summed E-state index contributed by atoms with van der Waals surface area (Å²) in [7, 11) is 0. The molecule has 12 nitrogen and oxygen atoms in total. The number of alkyl carbamates (subject to hydrolysis) is 1. The number of rotatable bonds is 9. The van der Waals surface area contributed by atoms with Crippen molar-refractivity contribution < 1.29 is 28.7 Å². The second kappa shape index (κ2) is 13.7. The number of carbonyl (C=O) groups excluding carboxylic acids is 4. The summed E-state index contributed by atoms with van der Waals surface area (Å²) in [6.45, 7) is 10.5. The molecule has 0 spiro atoms. The molecule has 1 aromatic rings. The third kappa shape index (κ3) is 12.1. The largest absolute Gasteiger partial charge is 0.444 e. The van der Waals surface area contributed by atoms with Crippen LogP contribution in [0.1, 0.15) is 67.2 Å². The first-order valence-electron chi connectivity index (χ1n) is 13.1. The van der Waals surface area contributed by atoms with Crippen LogP contribution in [0.4, 0.5) is 26.7 Å². The molecule has 2 atom stereocenters. The van der Waals surface area contributed by atoms with Gasteiger partial charge in [-0.2, -0.15) is 0 Å². The zero-order valence-corrected chi connectivity index (χ0v) is 24.1. The lowest BCUT2D eigenvalue weighted by molar-refractivity contribution is -0.122. The Labute approximate surface area is 235 Å². The van der Waals surface area contributed by atoms with E-state index in [0.717, 1.165) is 0 Å². The number of amides is 4. The molecule has 0 aliphatic heterocycles. The predicted molar refractivity (Wildman–Crippen MR) is 154 cm³/mol. The van der Waals surface area contributed by atoms with Gasteiger partial charge < -0.3 is 36.9 Å². The van der Waals surface area contributed by atoms with Gasteiger partial charge in [0.1, 0.15) is 11.2 Å². The average Bonchev–Trinajstić information content (AvgIpc) is 2.78. The third-order valence-electron chi connectivity index (χ3n) is 5.28. The summed E-state index contributed by atoms with van der Waals surface area (Å²) >= 11 is 0. The van der Waals surface area contributed by atoms with Crippen LogP contribution >= 0.6 is 0 Å². The SMILES string of the molecule is CC(C)(C)OC(=O)Nc1cc(N)ccc1NC(=O)CCCCC(=O)NC1C=CC(N)=CC1NC(=O)OC(C)(C)C. The summed E-state index contributed by atoms with van der Waals surface area (Å²) in [5.74, 6) is -0.517. The van der Waals surface area contributed by atoms with E-state index in [0.29, 0.717) is 35.6 Å². The van der Waals surface area contributed by atoms with E-state index in [1.54, 1.807) is 71.9 Å². The summed E-state index contributed by atoms with van der Waals surface area (Å²) in [4.78, 5) is 49.5. The minimum absolute atomic E-state index is 0.162. The fourth-order valence-electron chi connectivity index (χ4n) is 3.64. The number of hydrogen-bond donors (Lipinski definition) is 6. The van der Waals surface area contributed by atoms with E-state index in [1.165, 1.54) is 6.07 Å². The molecule has 4 amide bonds. The van der Waals surface area contributed by atoms with Gasteiger partial charge in [0, 0.05) is 24.2 Å². The monoisotopic (exact) mass is 558 g/mol. The number of hydrogen-bond acceptors (Lipinski definition) is 8. The van der Waals surface area contributed by atoms with Crippen LogP contribution in [0.25, 0.3) is 0 Å². The van der Waals surface area contributed by atoms with Crippen LogP contribution in [0.15, 0.2) is 42.1 Å². The number of nitrogens with one attached hydrogen (secondary N) is 4. The van der Waals surface area contributed by atoms with Crippen LogP contribution < -0.4 is 32.7 Å². The molecule has 0 bridgehead atoms. The van der Waals surface area contributed by atoms with Crippen molar-refractivity contribution in [1.29, 1.82) is 0 Å². The highest BCUT2D eigenvalue weighted by Crippen LogP contribution is 2.26. The fourth-order valence-corrected chi connectivity index (χ4v) is 3.64. The van der Waals surface area contributed by atoms with Gasteiger partial charge in [0.25, 0.3) is 0 Å². The molecule has 220 valence electrons. The Hall–Kier alpha value is -4.22. The van der Waals surface area contributed by atoms with Crippen molar-refractivity contribution in [3.05, 3.63) is 42.1 Å². The molecule has 0 radical (unpaired) electrons. The van der Waals surface area contributed by atoms with E-state index in [2.05, 4.69) is 21.3 Å². The van der Waals surface area contributed by atoms with E-state index in [9.17, 15) is 19.2 Å². The summed E-state index contributed by atoms with van der Waals surface area (Å²) < 4.78 is 10.6. The van der Waals surface area contributed by atoms with E-state index in [1.807, 2.05) is 0 Å². The molecule has 0 heterocycles. The van der Waals surface area contributed by atoms with Gasteiger partial charge >= 0.3 is 12.2 Å². The molecule has 1 aliphatic rings. The Bertz CT molecular complexity index is 1150. The molecule has 0 saturated carbocycles. The molecule has 0 saturated heterocycles. The Morgan fingerprint density at radius 3 is 2.00 bits per heavy atom. The molecular formula is C28H42N6O6. The molecule has 8 N–H and O–H groups in total. The van der Waals surface area contributed by atoms with Gasteiger partial charge in [-0.05, 0) is 84.7 Å². The van der Waals surface area contributed by atoms with Crippen LogP contribution in [-0.4, -0.2) is 47.3 Å². The lowest BCUT2D eigenvalue weighted by Gasteiger charge is -2.28. The molecule has 0 aromatic heterocycles. The Kier molecular flexibility index (Phi) is 11.0. The molecule has 0 fully saturated rings. The standard InChI is InChI=1S/C28H42N6O6/c1-27(2,3)39-25(37)33-21-15-17(29)11-13-19(21)31-23(35)9-7-8-10-24(36)32-20-14-12-18(30)16-22(20)34-26(38)40-28(4,5)6/h11-16,19,21H,7-10,29-30H2,1-6H3,(H,31,35)(H,32,36)(H,33,37)(H,34,38). The van der Waals surface area contributed by atoms with Gasteiger partial charge in [-0.3, -0.25) is 14.9 Å². The lowest BCUT2D eigenvalue weighted by atomic mass is 10.0. The van der Waals surface area contributed by atoms with Gasteiger partial charge in [0.15, 0.2) is 0 Å². The first-order valence-corrected chi connectivity index (χ1v) is 13.1. The maximum absolute atomic E-state index is 12.6. The minimum Gasteiger partial charge on any atom is -0.444 e. The zero-order chi connectivity index (χ0) is 30.1. The number of ether oxygens (including phenoxy) is 2. The molecule has 12 heteroatoms. The normalized spacial score (nSPS) is 16.8. The van der Waals surface area contributed by atoms with Gasteiger partial charge in [-0.15, -0.1) is 0 Å². The van der Waals surface area contributed by atoms with Crippen LogP contribution in [-0.2, 0) is 19.1 Å². The highest BCUT2D eigenvalue weighted by molar-refractivity contribution is 5.98. The topological polar surface area (TPSA) is 187 Å². The predicted octanol–water partition coefficient (Wildman–Crippen LogP) is 3.91. The average molecular weight is 559 g/mol. The molecule has 1 aliphatic carbocycles. The molecule has 40 heavy (non-hydrogen) atoms. The Morgan fingerprint density at radius 1 is 0.775 bits per heavy atom. The Balaban J connectivity index is 1.82. The van der Waals surface area contributed by atoms with Gasteiger partial charge in [0.05, 0.1) is 23.5 Å². The number of nitrogen functional groups attached to an aromatic ring is 1. The zero-order valence-electron chi connectivity index (χ0n) is 24.1. The maximum Gasteiger partial charge on any atom is 0.412 e. The van der Waals surface area contributed by atoms with Crippen LogP contribution in [0.5, 0.6) is 0 Å². The molecule has 2 unspecified atom stereocenters. The van der Waals surface area contributed by atoms with Crippen molar-refractivity contribution in [3.63, 3.8) is 0 Å². The number of benzene rings is 1. The van der Waals surface area contributed by atoms with E-state index < -0.39 is 35.5 Å². The van der Waals surface area contributed by atoms with Gasteiger partial charge in [-0.1, -0.05) is 6.08 Å². The van der Waals surface area contributed by atoms with Crippen molar-refractivity contribution in [2.75, 3.05) is 16.4 Å². The van der Waals surface area contributed by atoms with Crippen LogP contribution in [0.2, 0.25) is 0 Å². The number of anilines is 3. The van der Waals surface area contributed by atoms with E-state index >= 15 is 0 Å². The smallest absolute Gasteiger partial charge is 0.412 e. The first-order chi connectivity index (χ1) is 18.5. The second-order valence-corrected chi connectivity index (χ2v) is 11.5. The van der Waals surface area contributed by atoms with Crippen LogP contribution in [0.3, 0.4) is 0 Å². The van der Waals surface area contributed by atoms with Crippen LogP contribution in [0, 0.1) is 0 Å². The number of carbonyl (C=O) groups is 4. The van der Waals surface area contributed by atoms with Crippen molar-refractivity contribution in [2.45, 2.75) is 90.5 Å². The summed E-state index contributed by atoms with van der Waals surface area (Å²) in [5, 5.41) is 11.0. The number of nitrogens with two attached hydrogens (primary N) is 2. The number of allylic oxidation sites excluding steroid dienone is 1.